The highest BCUT2D eigenvalue weighted by molar-refractivity contribution is 9.10. The fourth-order valence-corrected chi connectivity index (χ4v) is 3.68. The molecule has 0 saturated carbocycles. The van der Waals surface area contributed by atoms with Crippen LogP contribution in [-0.4, -0.2) is 23.3 Å². The van der Waals surface area contributed by atoms with Crippen LogP contribution in [0.3, 0.4) is 0 Å². The number of aliphatic hydroxyl groups is 1. The van der Waals surface area contributed by atoms with Gasteiger partial charge in [0.15, 0.2) is 0 Å². The molecule has 0 spiro atoms. The molecule has 2 bridgehead atoms. The Hall–Kier alpha value is -0.810. The minimum Gasteiger partial charge on any atom is -0.397 e. The van der Waals surface area contributed by atoms with Gasteiger partial charge in [-0.15, -0.1) is 0 Å². The zero-order valence-corrected chi connectivity index (χ0v) is 11.5. The van der Waals surface area contributed by atoms with E-state index in [0.717, 1.165) is 31.4 Å². The molecular formula is C13H16BrFN2O. The SMILES string of the molecule is Nc1cc(Br)c(F)cc1N1C2CCC1CC(O)C2. The van der Waals surface area contributed by atoms with Crippen molar-refractivity contribution in [1.29, 1.82) is 0 Å². The Morgan fingerprint density at radius 3 is 2.50 bits per heavy atom. The van der Waals surface area contributed by atoms with E-state index in [1.165, 1.54) is 6.07 Å². The molecule has 98 valence electrons. The van der Waals surface area contributed by atoms with Gasteiger partial charge in [0.05, 0.1) is 22.0 Å². The minimum atomic E-state index is -0.287. The van der Waals surface area contributed by atoms with Crippen LogP contribution < -0.4 is 10.6 Å². The van der Waals surface area contributed by atoms with Crippen LogP contribution in [0.2, 0.25) is 0 Å². The van der Waals surface area contributed by atoms with E-state index in [2.05, 4.69) is 20.8 Å². The number of hydrogen-bond donors (Lipinski definition) is 2. The van der Waals surface area contributed by atoms with Crippen molar-refractivity contribution in [1.82, 2.24) is 0 Å². The number of benzene rings is 1. The molecule has 2 unspecified atom stereocenters. The number of fused-ring (bicyclic) bond motifs is 2. The molecule has 2 aliphatic heterocycles. The number of anilines is 2. The molecule has 0 aromatic heterocycles. The quantitative estimate of drug-likeness (QED) is 0.784. The molecule has 1 aromatic rings. The van der Waals surface area contributed by atoms with Crippen LogP contribution in [0.5, 0.6) is 0 Å². The number of rotatable bonds is 1. The lowest BCUT2D eigenvalue weighted by molar-refractivity contribution is 0.126. The van der Waals surface area contributed by atoms with Gasteiger partial charge < -0.3 is 15.7 Å². The topological polar surface area (TPSA) is 49.5 Å². The van der Waals surface area contributed by atoms with Crippen molar-refractivity contribution < 1.29 is 9.50 Å². The molecule has 2 heterocycles. The van der Waals surface area contributed by atoms with Crippen LogP contribution >= 0.6 is 15.9 Å². The second kappa shape index (κ2) is 4.38. The molecule has 2 atom stereocenters. The predicted octanol–water partition coefficient (Wildman–Crippen LogP) is 2.66. The molecule has 5 heteroatoms. The van der Waals surface area contributed by atoms with Crippen LogP contribution in [0.4, 0.5) is 15.8 Å². The summed E-state index contributed by atoms with van der Waals surface area (Å²) in [5.41, 5.74) is 7.37. The Morgan fingerprint density at radius 2 is 1.89 bits per heavy atom. The van der Waals surface area contributed by atoms with Crippen molar-refractivity contribution >= 4 is 27.3 Å². The maximum Gasteiger partial charge on any atom is 0.139 e. The molecule has 2 fully saturated rings. The number of halogens is 2. The largest absolute Gasteiger partial charge is 0.397 e. The average molecular weight is 315 g/mol. The number of nitrogen functional groups attached to an aromatic ring is 1. The molecule has 18 heavy (non-hydrogen) atoms. The number of piperidine rings is 1. The van der Waals surface area contributed by atoms with Crippen molar-refractivity contribution in [3.05, 3.63) is 22.4 Å². The summed E-state index contributed by atoms with van der Waals surface area (Å²) >= 11 is 3.15. The number of nitrogens with zero attached hydrogens (tertiary/aromatic N) is 1. The first kappa shape index (κ1) is 12.2. The number of hydrogen-bond acceptors (Lipinski definition) is 3. The lowest BCUT2D eigenvalue weighted by Crippen LogP contribution is -2.45. The molecule has 3 rings (SSSR count). The monoisotopic (exact) mass is 314 g/mol. The van der Waals surface area contributed by atoms with Crippen LogP contribution in [0.25, 0.3) is 0 Å². The Morgan fingerprint density at radius 1 is 1.28 bits per heavy atom. The Kier molecular flexibility index (Phi) is 2.98. The summed E-state index contributed by atoms with van der Waals surface area (Å²) in [5.74, 6) is -0.287. The van der Waals surface area contributed by atoms with Crippen molar-refractivity contribution in [2.24, 2.45) is 0 Å². The second-order valence-corrected chi connectivity index (χ2v) is 6.10. The second-order valence-electron chi connectivity index (χ2n) is 5.24. The molecule has 1 aromatic carbocycles. The normalized spacial score (nSPS) is 30.8. The highest BCUT2D eigenvalue weighted by Crippen LogP contribution is 2.42. The zero-order chi connectivity index (χ0) is 12.9. The first-order chi connectivity index (χ1) is 8.56. The van der Waals surface area contributed by atoms with Gasteiger partial charge in [0.2, 0.25) is 0 Å². The van der Waals surface area contributed by atoms with E-state index in [1.54, 1.807) is 6.07 Å². The van der Waals surface area contributed by atoms with E-state index in [4.69, 9.17) is 5.73 Å². The molecule has 0 radical (unpaired) electrons. The van der Waals surface area contributed by atoms with Crippen LogP contribution in [0, 0.1) is 5.82 Å². The Balaban J connectivity index is 1.98. The molecule has 0 aliphatic carbocycles. The van der Waals surface area contributed by atoms with Crippen LogP contribution in [0.15, 0.2) is 16.6 Å². The van der Waals surface area contributed by atoms with E-state index in [-0.39, 0.29) is 11.9 Å². The summed E-state index contributed by atoms with van der Waals surface area (Å²) < 4.78 is 14.1. The summed E-state index contributed by atoms with van der Waals surface area (Å²) in [6.07, 6.45) is 3.40. The third-order valence-corrected chi connectivity index (χ3v) is 4.66. The van der Waals surface area contributed by atoms with Gasteiger partial charge in [-0.1, -0.05) is 0 Å². The lowest BCUT2D eigenvalue weighted by Gasteiger charge is -2.39. The molecular weight excluding hydrogens is 299 g/mol. The van der Waals surface area contributed by atoms with E-state index in [9.17, 15) is 9.50 Å². The van der Waals surface area contributed by atoms with Crippen LogP contribution in [-0.2, 0) is 0 Å². The summed E-state index contributed by atoms with van der Waals surface area (Å²) in [5, 5.41) is 9.78. The van der Waals surface area contributed by atoms with Gasteiger partial charge >= 0.3 is 0 Å². The minimum absolute atomic E-state index is 0.222. The summed E-state index contributed by atoms with van der Waals surface area (Å²) in [4.78, 5) is 2.21. The standard InChI is InChI=1S/C13H16BrFN2O/c14-10-5-12(16)13(6-11(10)15)17-7-1-2-8(17)4-9(18)3-7/h5-9,18H,1-4,16H2. The van der Waals surface area contributed by atoms with E-state index >= 15 is 0 Å². The van der Waals surface area contributed by atoms with Gasteiger partial charge in [-0.25, -0.2) is 4.39 Å². The fourth-order valence-electron chi connectivity index (χ4n) is 3.32. The third-order valence-electron chi connectivity index (χ3n) is 4.06. The highest BCUT2D eigenvalue weighted by Gasteiger charge is 2.41. The molecule has 2 saturated heterocycles. The van der Waals surface area contributed by atoms with Gasteiger partial charge in [-0.2, -0.15) is 0 Å². The van der Waals surface area contributed by atoms with Gasteiger partial charge in [0.25, 0.3) is 0 Å². The Labute approximate surface area is 114 Å². The number of nitrogens with two attached hydrogens (primary N) is 1. The van der Waals surface area contributed by atoms with E-state index in [1.807, 2.05) is 0 Å². The van der Waals surface area contributed by atoms with E-state index in [0.29, 0.717) is 22.2 Å². The van der Waals surface area contributed by atoms with Gasteiger partial charge in [0, 0.05) is 18.2 Å². The predicted molar refractivity (Wildman–Crippen MR) is 73.0 cm³/mol. The maximum atomic E-state index is 13.7. The highest BCUT2D eigenvalue weighted by atomic mass is 79.9. The molecule has 0 amide bonds. The zero-order valence-electron chi connectivity index (χ0n) is 9.94. The summed E-state index contributed by atoms with van der Waals surface area (Å²) in [6, 6.07) is 3.71. The summed E-state index contributed by atoms with van der Waals surface area (Å²) in [7, 11) is 0. The maximum absolute atomic E-state index is 13.7. The van der Waals surface area contributed by atoms with Crippen molar-refractivity contribution in [3.8, 4) is 0 Å². The fraction of sp³-hybridized carbons (Fsp3) is 0.538. The molecule has 3 nitrogen and oxygen atoms in total. The molecule has 3 N–H and O–H groups in total. The summed E-state index contributed by atoms with van der Waals surface area (Å²) in [6.45, 7) is 0. The molecule has 2 aliphatic rings. The number of aliphatic hydroxyl groups excluding tert-OH is 1. The Bertz CT molecular complexity index is 468. The smallest absolute Gasteiger partial charge is 0.139 e. The first-order valence-electron chi connectivity index (χ1n) is 6.27. The van der Waals surface area contributed by atoms with Crippen molar-refractivity contribution in [3.63, 3.8) is 0 Å². The first-order valence-corrected chi connectivity index (χ1v) is 7.06. The third kappa shape index (κ3) is 1.89. The van der Waals surface area contributed by atoms with Crippen molar-refractivity contribution in [2.45, 2.75) is 43.9 Å². The van der Waals surface area contributed by atoms with Crippen LogP contribution in [0.1, 0.15) is 25.7 Å². The van der Waals surface area contributed by atoms with Gasteiger partial charge in [0.1, 0.15) is 5.82 Å². The van der Waals surface area contributed by atoms with Crippen molar-refractivity contribution in [2.75, 3.05) is 10.6 Å². The lowest BCUT2D eigenvalue weighted by atomic mass is 9.98. The average Bonchev–Trinajstić information content (AvgIpc) is 2.56. The van der Waals surface area contributed by atoms with Gasteiger partial charge in [-0.3, -0.25) is 0 Å². The van der Waals surface area contributed by atoms with E-state index < -0.39 is 0 Å². The van der Waals surface area contributed by atoms with Gasteiger partial charge in [-0.05, 0) is 47.7 Å².